The van der Waals surface area contributed by atoms with Crippen LogP contribution >= 0.6 is 12.4 Å². The second-order valence-electron chi connectivity index (χ2n) is 9.34. The summed E-state index contributed by atoms with van der Waals surface area (Å²) in [6.07, 6.45) is 3.78. The normalized spacial score (nSPS) is 16.8. The summed E-state index contributed by atoms with van der Waals surface area (Å²) in [5.74, 6) is 0. The summed E-state index contributed by atoms with van der Waals surface area (Å²) in [6.45, 7) is 3.77. The molecule has 4 rings (SSSR count). The van der Waals surface area contributed by atoms with E-state index in [-0.39, 0.29) is 24.0 Å². The Hall–Kier alpha value is -2.66. The summed E-state index contributed by atoms with van der Waals surface area (Å²) in [6, 6.07) is 31.2. The van der Waals surface area contributed by atoms with Crippen molar-refractivity contribution >= 4 is 18.8 Å². The zero-order valence-electron chi connectivity index (χ0n) is 19.8. The molecule has 0 spiro atoms. The number of piperidine rings is 1. The smallest absolute Gasteiger partial charge is 0.208 e. The predicted octanol–water partition coefficient (Wildman–Crippen LogP) is 5.25. The zero-order valence-corrected chi connectivity index (χ0v) is 20.6. The van der Waals surface area contributed by atoms with Crippen molar-refractivity contribution in [1.82, 2.24) is 10.2 Å². The van der Waals surface area contributed by atoms with Crippen molar-refractivity contribution in [2.75, 3.05) is 13.1 Å². The van der Waals surface area contributed by atoms with E-state index >= 15 is 0 Å². The van der Waals surface area contributed by atoms with Gasteiger partial charge in [0.05, 0.1) is 11.8 Å². The second kappa shape index (κ2) is 11.7. The van der Waals surface area contributed by atoms with Crippen molar-refractivity contribution < 1.29 is 9.90 Å². The van der Waals surface area contributed by atoms with Crippen LogP contribution in [-0.4, -0.2) is 35.7 Å². The largest absolute Gasteiger partial charge is 0.385 e. The molecule has 4 nitrogen and oxygen atoms in total. The average Bonchev–Trinajstić information content (AvgIpc) is 2.88. The van der Waals surface area contributed by atoms with Crippen LogP contribution in [0.15, 0.2) is 91.0 Å². The quantitative estimate of drug-likeness (QED) is 0.413. The van der Waals surface area contributed by atoms with E-state index in [4.69, 9.17) is 0 Å². The van der Waals surface area contributed by atoms with Crippen LogP contribution in [0.25, 0.3) is 0 Å². The average molecular weight is 479 g/mol. The van der Waals surface area contributed by atoms with Crippen LogP contribution in [0.3, 0.4) is 0 Å². The van der Waals surface area contributed by atoms with Gasteiger partial charge in [0.2, 0.25) is 6.41 Å². The third kappa shape index (κ3) is 5.69. The molecule has 180 valence electrons. The topological polar surface area (TPSA) is 52.6 Å². The summed E-state index contributed by atoms with van der Waals surface area (Å²) >= 11 is 0. The number of likely N-dealkylation sites (tertiary alicyclic amines) is 1. The number of hydrogen-bond donors (Lipinski definition) is 2. The summed E-state index contributed by atoms with van der Waals surface area (Å²) in [4.78, 5) is 13.8. The van der Waals surface area contributed by atoms with Crippen LogP contribution < -0.4 is 5.32 Å². The Morgan fingerprint density at radius 3 is 1.85 bits per heavy atom. The van der Waals surface area contributed by atoms with Crippen LogP contribution in [-0.2, 0) is 15.8 Å². The summed E-state index contributed by atoms with van der Waals surface area (Å²) in [7, 11) is 0. The first-order valence-corrected chi connectivity index (χ1v) is 11.9. The van der Waals surface area contributed by atoms with E-state index in [9.17, 15) is 9.90 Å². The van der Waals surface area contributed by atoms with Gasteiger partial charge in [-0.05, 0) is 42.4 Å². The third-order valence-electron chi connectivity index (χ3n) is 7.38. The number of aliphatic hydroxyl groups is 1. The number of nitrogens with one attached hydrogen (secondary N) is 1. The highest BCUT2D eigenvalue weighted by Gasteiger charge is 2.37. The van der Waals surface area contributed by atoms with Gasteiger partial charge in [-0.15, -0.1) is 12.4 Å². The van der Waals surface area contributed by atoms with Crippen LogP contribution in [0.5, 0.6) is 0 Å². The Balaban J connectivity index is 0.00000324. The van der Waals surface area contributed by atoms with Gasteiger partial charge in [0.15, 0.2) is 0 Å². The Labute approximate surface area is 209 Å². The van der Waals surface area contributed by atoms with Gasteiger partial charge in [-0.1, -0.05) is 97.9 Å². The minimum Gasteiger partial charge on any atom is -0.385 e. The van der Waals surface area contributed by atoms with Crippen molar-refractivity contribution in [2.45, 2.75) is 49.8 Å². The maximum absolute atomic E-state index is 11.5. The minimum atomic E-state index is -0.800. The van der Waals surface area contributed by atoms with Crippen LogP contribution in [0.1, 0.15) is 49.3 Å². The van der Waals surface area contributed by atoms with Crippen molar-refractivity contribution in [3.63, 3.8) is 0 Å². The van der Waals surface area contributed by atoms with Gasteiger partial charge in [0, 0.05) is 18.5 Å². The Kier molecular flexibility index (Phi) is 8.90. The Bertz CT molecular complexity index is 967. The van der Waals surface area contributed by atoms with Gasteiger partial charge in [-0.3, -0.25) is 9.69 Å². The number of carbonyl (C=O) groups is 1. The first kappa shape index (κ1) is 26.0. The molecule has 3 aromatic rings. The van der Waals surface area contributed by atoms with Gasteiger partial charge in [0.1, 0.15) is 0 Å². The molecule has 1 aliphatic rings. The minimum absolute atomic E-state index is 0. The first-order valence-electron chi connectivity index (χ1n) is 11.9. The molecule has 0 saturated carbocycles. The van der Waals surface area contributed by atoms with E-state index in [1.165, 1.54) is 11.1 Å². The van der Waals surface area contributed by atoms with Gasteiger partial charge < -0.3 is 10.4 Å². The lowest BCUT2D eigenvalue weighted by molar-refractivity contribution is -0.112. The van der Waals surface area contributed by atoms with Crippen molar-refractivity contribution in [2.24, 2.45) is 0 Å². The zero-order chi connectivity index (χ0) is 23.2. The summed E-state index contributed by atoms with van der Waals surface area (Å²) in [5, 5.41) is 14.3. The van der Waals surface area contributed by atoms with E-state index < -0.39 is 5.60 Å². The van der Waals surface area contributed by atoms with Gasteiger partial charge in [-0.2, -0.15) is 0 Å². The van der Waals surface area contributed by atoms with Gasteiger partial charge >= 0.3 is 0 Å². The fourth-order valence-electron chi connectivity index (χ4n) is 5.19. The van der Waals surface area contributed by atoms with Crippen molar-refractivity contribution in [1.29, 1.82) is 0 Å². The number of hydrogen-bond acceptors (Lipinski definition) is 3. The summed E-state index contributed by atoms with van der Waals surface area (Å²) in [5.41, 5.74) is 2.57. The highest BCUT2D eigenvalue weighted by molar-refractivity contribution is 5.85. The molecule has 0 radical (unpaired) electrons. The second-order valence-corrected chi connectivity index (χ2v) is 9.34. The fourth-order valence-corrected chi connectivity index (χ4v) is 5.19. The summed E-state index contributed by atoms with van der Waals surface area (Å²) < 4.78 is 0. The molecule has 1 saturated heterocycles. The molecule has 3 aromatic carbocycles. The maximum Gasteiger partial charge on any atom is 0.208 e. The van der Waals surface area contributed by atoms with Crippen LogP contribution in [0.4, 0.5) is 0 Å². The fraction of sp³-hybridized carbons (Fsp3) is 0.345. The highest BCUT2D eigenvalue weighted by atomic mass is 35.5. The lowest BCUT2D eigenvalue weighted by Gasteiger charge is -2.42. The molecule has 1 atom stereocenters. The van der Waals surface area contributed by atoms with E-state index in [1.54, 1.807) is 0 Å². The molecule has 1 aliphatic heterocycles. The Morgan fingerprint density at radius 1 is 0.912 bits per heavy atom. The molecular formula is C29H35ClN2O2. The number of rotatable bonds is 9. The van der Waals surface area contributed by atoms with Crippen LogP contribution in [0.2, 0.25) is 0 Å². The molecule has 1 fully saturated rings. The molecule has 2 N–H and O–H groups in total. The molecule has 1 amide bonds. The standard InChI is InChI=1S/C29H34N2O2.ClH/c1-28(24-11-5-2-6-12-24,25-13-7-3-8-14-25)18-17-27(30-23-32)31-21-19-29(33,20-22-31)26-15-9-4-10-16-26;/h2-16,23,27,33H,17-22H2,1H3,(H,30,32);1H. The highest BCUT2D eigenvalue weighted by Crippen LogP contribution is 2.38. The van der Waals surface area contributed by atoms with E-state index in [2.05, 4.69) is 65.7 Å². The monoisotopic (exact) mass is 478 g/mol. The molecule has 1 heterocycles. The molecule has 34 heavy (non-hydrogen) atoms. The van der Waals surface area contributed by atoms with Gasteiger partial charge in [0.25, 0.3) is 0 Å². The van der Waals surface area contributed by atoms with E-state index in [1.807, 2.05) is 42.5 Å². The lowest BCUT2D eigenvalue weighted by atomic mass is 9.72. The van der Waals surface area contributed by atoms with E-state index in [0.717, 1.165) is 37.9 Å². The number of amides is 1. The Morgan fingerprint density at radius 2 is 1.38 bits per heavy atom. The number of benzene rings is 3. The molecular weight excluding hydrogens is 444 g/mol. The van der Waals surface area contributed by atoms with Crippen LogP contribution in [0, 0.1) is 0 Å². The predicted molar refractivity (Wildman–Crippen MR) is 140 cm³/mol. The van der Waals surface area contributed by atoms with Gasteiger partial charge in [-0.25, -0.2) is 0 Å². The molecule has 1 unspecified atom stereocenters. The van der Waals surface area contributed by atoms with Crippen molar-refractivity contribution in [3.05, 3.63) is 108 Å². The maximum atomic E-state index is 11.5. The van der Waals surface area contributed by atoms with E-state index in [0.29, 0.717) is 12.8 Å². The lowest BCUT2D eigenvalue weighted by Crippen LogP contribution is -2.52. The SMILES string of the molecule is CC(CCC(NC=O)N1CCC(O)(c2ccccc2)CC1)(c1ccccc1)c1ccccc1.Cl. The molecule has 0 aliphatic carbocycles. The number of halogens is 1. The van der Waals surface area contributed by atoms with Crippen molar-refractivity contribution in [3.8, 4) is 0 Å². The number of nitrogens with zero attached hydrogens (tertiary/aromatic N) is 1. The number of carbonyl (C=O) groups excluding carboxylic acids is 1. The molecule has 5 heteroatoms. The molecule has 0 bridgehead atoms. The third-order valence-corrected chi connectivity index (χ3v) is 7.38. The first-order chi connectivity index (χ1) is 16.0. The molecule has 0 aromatic heterocycles.